The van der Waals surface area contributed by atoms with Crippen molar-refractivity contribution in [3.63, 3.8) is 0 Å². The molecule has 5 nitrogen and oxygen atoms in total. The van der Waals surface area contributed by atoms with Crippen LogP contribution < -0.4 is 0 Å². The Morgan fingerprint density at radius 3 is 2.75 bits per heavy atom. The predicted molar refractivity (Wildman–Crippen MR) is 94.6 cm³/mol. The Morgan fingerprint density at radius 2 is 2.12 bits per heavy atom. The minimum Gasteiger partial charge on any atom is -0.507 e. The lowest BCUT2D eigenvalue weighted by atomic mass is 9.76. The SMILES string of the molecule is COCCC1(C(=O)O)CCN(Cc2cc3c(O)cccc3s2)CC1. The van der Waals surface area contributed by atoms with Crippen molar-refractivity contribution in [1.29, 1.82) is 0 Å². The predicted octanol–water partition coefficient (Wildman–Crippen LogP) is 3.31. The van der Waals surface area contributed by atoms with E-state index in [2.05, 4.69) is 4.90 Å². The number of fused-ring (bicyclic) bond motifs is 1. The first-order chi connectivity index (χ1) is 11.5. The maximum absolute atomic E-state index is 11.7. The number of carbonyl (C=O) groups is 1. The van der Waals surface area contributed by atoms with Crippen LogP contribution in [0, 0.1) is 5.41 Å². The molecular weight excluding hydrogens is 326 g/mol. The molecule has 1 aromatic heterocycles. The van der Waals surface area contributed by atoms with E-state index in [4.69, 9.17) is 4.74 Å². The van der Waals surface area contributed by atoms with Crippen LogP contribution in [-0.2, 0) is 16.1 Å². The summed E-state index contributed by atoms with van der Waals surface area (Å²) in [5.74, 6) is -0.385. The average Bonchev–Trinajstić information content (AvgIpc) is 2.98. The Balaban J connectivity index is 1.65. The molecule has 0 saturated carbocycles. The van der Waals surface area contributed by atoms with Crippen LogP contribution in [0.5, 0.6) is 5.75 Å². The molecule has 3 rings (SSSR count). The number of thiophene rings is 1. The van der Waals surface area contributed by atoms with Crippen LogP contribution in [0.15, 0.2) is 24.3 Å². The lowest BCUT2D eigenvalue weighted by molar-refractivity contribution is -0.153. The Morgan fingerprint density at radius 1 is 1.38 bits per heavy atom. The molecule has 1 aromatic carbocycles. The van der Waals surface area contributed by atoms with Gasteiger partial charge in [0, 0.05) is 35.2 Å². The van der Waals surface area contributed by atoms with Gasteiger partial charge in [-0.05, 0) is 50.6 Å². The third kappa shape index (κ3) is 3.41. The molecule has 6 heteroatoms. The number of phenols is 1. The molecule has 0 bridgehead atoms. The van der Waals surface area contributed by atoms with Gasteiger partial charge >= 0.3 is 5.97 Å². The number of ether oxygens (including phenoxy) is 1. The molecule has 0 atom stereocenters. The summed E-state index contributed by atoms with van der Waals surface area (Å²) < 4.78 is 6.17. The molecule has 24 heavy (non-hydrogen) atoms. The molecular formula is C18H23NO4S. The first kappa shape index (κ1) is 17.2. The fraction of sp³-hybridized carbons (Fsp3) is 0.500. The van der Waals surface area contributed by atoms with Crippen molar-refractivity contribution in [3.8, 4) is 5.75 Å². The summed E-state index contributed by atoms with van der Waals surface area (Å²) in [6.45, 7) is 2.84. The Labute approximate surface area is 145 Å². The molecule has 2 heterocycles. The highest BCUT2D eigenvalue weighted by atomic mass is 32.1. The van der Waals surface area contributed by atoms with E-state index in [0.29, 0.717) is 31.6 Å². The van der Waals surface area contributed by atoms with Crippen molar-refractivity contribution in [3.05, 3.63) is 29.1 Å². The maximum Gasteiger partial charge on any atom is 0.309 e. The smallest absolute Gasteiger partial charge is 0.309 e. The number of methoxy groups -OCH3 is 1. The zero-order chi connectivity index (χ0) is 17.2. The highest BCUT2D eigenvalue weighted by Gasteiger charge is 2.41. The summed E-state index contributed by atoms with van der Waals surface area (Å²) in [5, 5.41) is 20.4. The molecule has 1 aliphatic heterocycles. The number of piperidine rings is 1. The second-order valence-electron chi connectivity index (χ2n) is 6.51. The normalized spacial score (nSPS) is 18.0. The quantitative estimate of drug-likeness (QED) is 0.837. The summed E-state index contributed by atoms with van der Waals surface area (Å²) in [7, 11) is 1.61. The number of phenolic OH excluding ortho intramolecular Hbond substituents is 1. The van der Waals surface area contributed by atoms with Gasteiger partial charge in [0.15, 0.2) is 0 Å². The molecule has 1 aliphatic rings. The van der Waals surface area contributed by atoms with Gasteiger partial charge in [0.1, 0.15) is 5.75 Å². The van der Waals surface area contributed by atoms with Crippen LogP contribution in [0.3, 0.4) is 0 Å². The van der Waals surface area contributed by atoms with Crippen molar-refractivity contribution in [2.45, 2.75) is 25.8 Å². The van der Waals surface area contributed by atoms with Crippen LogP contribution in [0.25, 0.3) is 10.1 Å². The van der Waals surface area contributed by atoms with Crippen molar-refractivity contribution < 1.29 is 19.7 Å². The molecule has 2 N–H and O–H groups in total. The van der Waals surface area contributed by atoms with Gasteiger partial charge < -0.3 is 14.9 Å². The zero-order valence-electron chi connectivity index (χ0n) is 13.8. The Kier molecular flexibility index (Phi) is 5.08. The molecule has 0 aliphatic carbocycles. The molecule has 130 valence electrons. The fourth-order valence-electron chi connectivity index (χ4n) is 3.40. The highest BCUT2D eigenvalue weighted by molar-refractivity contribution is 7.19. The number of hydrogen-bond donors (Lipinski definition) is 2. The number of carboxylic acid groups (broad SMARTS) is 1. The minimum absolute atomic E-state index is 0.318. The second-order valence-corrected chi connectivity index (χ2v) is 7.67. The van der Waals surface area contributed by atoms with Crippen LogP contribution in [0.2, 0.25) is 0 Å². The van der Waals surface area contributed by atoms with Gasteiger partial charge in [-0.15, -0.1) is 11.3 Å². The Hall–Kier alpha value is -1.63. The summed E-state index contributed by atoms with van der Waals surface area (Å²) in [6.07, 6.45) is 1.88. The number of aliphatic carboxylic acids is 1. The first-order valence-electron chi connectivity index (χ1n) is 8.19. The summed E-state index contributed by atoms with van der Waals surface area (Å²) in [4.78, 5) is 15.2. The zero-order valence-corrected chi connectivity index (χ0v) is 14.6. The summed E-state index contributed by atoms with van der Waals surface area (Å²) in [5.41, 5.74) is -0.648. The van der Waals surface area contributed by atoms with E-state index in [1.54, 1.807) is 24.5 Å². The lowest BCUT2D eigenvalue weighted by Crippen LogP contribution is -2.44. The van der Waals surface area contributed by atoms with Crippen LogP contribution in [-0.4, -0.2) is 47.9 Å². The van der Waals surface area contributed by atoms with Gasteiger partial charge in [0.05, 0.1) is 5.41 Å². The average molecular weight is 349 g/mol. The van der Waals surface area contributed by atoms with Crippen LogP contribution in [0.4, 0.5) is 0 Å². The minimum atomic E-state index is -0.703. The highest BCUT2D eigenvalue weighted by Crippen LogP contribution is 2.37. The van der Waals surface area contributed by atoms with E-state index in [-0.39, 0.29) is 0 Å². The largest absolute Gasteiger partial charge is 0.507 e. The standard InChI is InChI=1S/C18H23NO4S/c1-23-10-7-18(17(21)22)5-8-19(9-6-18)12-13-11-14-15(20)3-2-4-16(14)24-13/h2-4,11,20H,5-10,12H2,1H3,(H,21,22). The molecule has 0 amide bonds. The van der Waals surface area contributed by atoms with Crippen molar-refractivity contribution in [2.75, 3.05) is 26.8 Å². The monoisotopic (exact) mass is 349 g/mol. The Bertz CT molecular complexity index is 719. The number of aromatic hydroxyl groups is 1. The number of likely N-dealkylation sites (tertiary alicyclic amines) is 1. The second kappa shape index (κ2) is 7.09. The van der Waals surface area contributed by atoms with E-state index < -0.39 is 11.4 Å². The lowest BCUT2D eigenvalue weighted by Gasteiger charge is -2.38. The summed E-state index contributed by atoms with van der Waals surface area (Å²) in [6, 6.07) is 7.62. The molecule has 1 fully saturated rings. The van der Waals surface area contributed by atoms with E-state index in [1.807, 2.05) is 18.2 Å². The van der Waals surface area contributed by atoms with Gasteiger partial charge in [-0.25, -0.2) is 0 Å². The van der Waals surface area contributed by atoms with E-state index in [0.717, 1.165) is 29.7 Å². The van der Waals surface area contributed by atoms with E-state index >= 15 is 0 Å². The fourth-order valence-corrected chi connectivity index (χ4v) is 4.53. The van der Waals surface area contributed by atoms with Crippen molar-refractivity contribution in [2.24, 2.45) is 5.41 Å². The number of benzene rings is 1. The van der Waals surface area contributed by atoms with Crippen LogP contribution in [0.1, 0.15) is 24.1 Å². The number of hydrogen-bond acceptors (Lipinski definition) is 5. The van der Waals surface area contributed by atoms with Crippen molar-refractivity contribution >= 4 is 27.4 Å². The molecule has 0 radical (unpaired) electrons. The third-order valence-electron chi connectivity index (χ3n) is 5.02. The van der Waals surface area contributed by atoms with Gasteiger partial charge in [0.2, 0.25) is 0 Å². The maximum atomic E-state index is 11.7. The topological polar surface area (TPSA) is 70.0 Å². The molecule has 1 saturated heterocycles. The van der Waals surface area contributed by atoms with E-state index in [1.165, 1.54) is 4.88 Å². The van der Waals surface area contributed by atoms with Crippen molar-refractivity contribution in [1.82, 2.24) is 4.90 Å². The van der Waals surface area contributed by atoms with Gasteiger partial charge in [-0.3, -0.25) is 9.69 Å². The summed E-state index contributed by atoms with van der Waals surface area (Å²) >= 11 is 1.69. The molecule has 2 aromatic rings. The number of nitrogens with zero attached hydrogens (tertiary/aromatic N) is 1. The number of carboxylic acids is 1. The van der Waals surface area contributed by atoms with Gasteiger partial charge in [0.25, 0.3) is 0 Å². The number of rotatable bonds is 6. The first-order valence-corrected chi connectivity index (χ1v) is 9.01. The molecule has 0 unspecified atom stereocenters. The van der Waals surface area contributed by atoms with Crippen LogP contribution >= 0.6 is 11.3 Å². The molecule has 0 spiro atoms. The van der Waals surface area contributed by atoms with Gasteiger partial charge in [-0.2, -0.15) is 0 Å². The van der Waals surface area contributed by atoms with E-state index in [9.17, 15) is 15.0 Å². The van der Waals surface area contributed by atoms with Gasteiger partial charge in [-0.1, -0.05) is 6.07 Å². The third-order valence-corrected chi connectivity index (χ3v) is 6.11.